The quantitative estimate of drug-likeness (QED) is 0.752. The van der Waals surface area contributed by atoms with Crippen LogP contribution in [0, 0.1) is 0 Å². The molecule has 1 aromatic rings. The first-order valence-electron chi connectivity index (χ1n) is 7.01. The second-order valence-electron chi connectivity index (χ2n) is 5.28. The normalized spacial score (nSPS) is 14.1. The van der Waals surface area contributed by atoms with Gasteiger partial charge in [0.2, 0.25) is 0 Å². The number of esters is 1. The highest BCUT2D eigenvalue weighted by atomic mass is 16.5. The number of ether oxygens (including phenoxy) is 1. The fourth-order valence-electron chi connectivity index (χ4n) is 2.15. The number of aliphatic hydroxyl groups is 1. The lowest BCUT2D eigenvalue weighted by molar-refractivity contribution is -0.140. The van der Waals surface area contributed by atoms with Crippen molar-refractivity contribution in [2.75, 3.05) is 14.2 Å². The van der Waals surface area contributed by atoms with Crippen molar-refractivity contribution in [3.63, 3.8) is 0 Å². The van der Waals surface area contributed by atoms with E-state index in [1.165, 1.54) is 12.7 Å². The second kappa shape index (κ2) is 8.02. The number of methoxy groups -OCH3 is 1. The number of hydrogen-bond acceptors (Lipinski definition) is 4. The van der Waals surface area contributed by atoms with Gasteiger partial charge < -0.3 is 15.2 Å². The van der Waals surface area contributed by atoms with Crippen LogP contribution in [0.25, 0.3) is 0 Å². The molecule has 0 fully saturated rings. The van der Waals surface area contributed by atoms with Crippen molar-refractivity contribution in [1.82, 2.24) is 5.32 Å². The maximum atomic E-state index is 11.2. The third kappa shape index (κ3) is 4.62. The Bertz CT molecular complexity index is 414. The molecule has 0 saturated carbocycles. The molecule has 0 amide bonds. The Morgan fingerprint density at radius 3 is 2.25 bits per heavy atom. The molecule has 4 heteroatoms. The van der Waals surface area contributed by atoms with Gasteiger partial charge in [0.05, 0.1) is 13.2 Å². The third-order valence-electron chi connectivity index (χ3n) is 3.58. The summed E-state index contributed by atoms with van der Waals surface area (Å²) in [6.45, 7) is 4.27. The van der Waals surface area contributed by atoms with E-state index in [-0.39, 0.29) is 12.0 Å². The molecule has 112 valence electrons. The lowest BCUT2D eigenvalue weighted by atomic mass is 9.95. The minimum absolute atomic E-state index is 0.168. The van der Waals surface area contributed by atoms with Gasteiger partial charge in [0, 0.05) is 12.5 Å². The lowest BCUT2D eigenvalue weighted by Crippen LogP contribution is -2.32. The number of carbonyl (C=O) groups excluding carboxylic acids is 1. The number of hydrogen-bond donors (Lipinski definition) is 2. The zero-order valence-electron chi connectivity index (χ0n) is 12.7. The van der Waals surface area contributed by atoms with Crippen LogP contribution in [0.15, 0.2) is 24.3 Å². The van der Waals surface area contributed by atoms with E-state index in [0.717, 1.165) is 5.56 Å². The van der Waals surface area contributed by atoms with Gasteiger partial charge in [-0.1, -0.05) is 38.1 Å². The number of rotatable bonds is 7. The molecule has 2 N–H and O–H groups in total. The number of carbonyl (C=O) groups is 1. The van der Waals surface area contributed by atoms with Crippen LogP contribution in [0.1, 0.15) is 49.8 Å². The summed E-state index contributed by atoms with van der Waals surface area (Å²) in [7, 11) is 3.16. The zero-order valence-corrected chi connectivity index (χ0v) is 12.7. The van der Waals surface area contributed by atoms with E-state index in [4.69, 9.17) is 0 Å². The van der Waals surface area contributed by atoms with Crippen LogP contribution in [0.3, 0.4) is 0 Å². The molecule has 0 bridgehead atoms. The van der Waals surface area contributed by atoms with E-state index in [0.29, 0.717) is 18.8 Å². The first-order chi connectivity index (χ1) is 9.49. The minimum Gasteiger partial charge on any atom is -0.469 e. The summed E-state index contributed by atoms with van der Waals surface area (Å²) in [5.41, 5.74) is 2.11. The van der Waals surface area contributed by atoms with Gasteiger partial charge in [0.15, 0.2) is 0 Å². The summed E-state index contributed by atoms with van der Waals surface area (Å²) in [6.07, 6.45) is 0.199. The third-order valence-corrected chi connectivity index (χ3v) is 3.58. The molecule has 0 spiro atoms. The standard InChI is InChI=1S/C16H25NO3/c1-11(2)12-5-7-13(8-6-12)16(19)14(17-3)9-10-15(18)20-4/h5-8,11,14,16-17,19H,9-10H2,1-4H3. The molecule has 0 aliphatic rings. The van der Waals surface area contributed by atoms with E-state index in [1.54, 1.807) is 7.05 Å². The summed E-state index contributed by atoms with van der Waals surface area (Å²) in [5, 5.41) is 13.4. The molecule has 0 heterocycles. The summed E-state index contributed by atoms with van der Waals surface area (Å²) < 4.78 is 4.62. The van der Waals surface area contributed by atoms with Crippen molar-refractivity contribution < 1.29 is 14.6 Å². The number of nitrogens with one attached hydrogen (secondary N) is 1. The van der Waals surface area contributed by atoms with Crippen LogP contribution in [-0.2, 0) is 9.53 Å². The van der Waals surface area contributed by atoms with Crippen molar-refractivity contribution in [2.24, 2.45) is 0 Å². The largest absolute Gasteiger partial charge is 0.469 e. The molecule has 0 radical (unpaired) electrons. The topological polar surface area (TPSA) is 58.6 Å². The molecule has 0 aliphatic carbocycles. The highest BCUT2D eigenvalue weighted by Crippen LogP contribution is 2.22. The number of benzene rings is 1. The van der Waals surface area contributed by atoms with Gasteiger partial charge >= 0.3 is 5.97 Å². The van der Waals surface area contributed by atoms with Crippen LogP contribution in [0.4, 0.5) is 0 Å². The second-order valence-corrected chi connectivity index (χ2v) is 5.28. The molecule has 0 aromatic heterocycles. The van der Waals surface area contributed by atoms with Gasteiger partial charge in [-0.25, -0.2) is 0 Å². The Balaban J connectivity index is 2.69. The van der Waals surface area contributed by atoms with Crippen LogP contribution >= 0.6 is 0 Å². The molecule has 1 rings (SSSR count). The maximum absolute atomic E-state index is 11.2. The van der Waals surface area contributed by atoms with E-state index < -0.39 is 6.10 Å². The van der Waals surface area contributed by atoms with Gasteiger partial charge in [-0.15, -0.1) is 0 Å². The van der Waals surface area contributed by atoms with Crippen molar-refractivity contribution in [3.05, 3.63) is 35.4 Å². The van der Waals surface area contributed by atoms with Crippen molar-refractivity contribution >= 4 is 5.97 Å². The summed E-state index contributed by atoms with van der Waals surface area (Å²) in [6, 6.07) is 7.80. The number of likely N-dealkylation sites (N-methyl/N-ethyl adjacent to an activating group) is 1. The van der Waals surface area contributed by atoms with E-state index >= 15 is 0 Å². The Hall–Kier alpha value is -1.39. The molecular formula is C16H25NO3. The van der Waals surface area contributed by atoms with Gasteiger partial charge in [-0.2, -0.15) is 0 Å². The van der Waals surface area contributed by atoms with Crippen molar-refractivity contribution in [2.45, 2.75) is 44.8 Å². The molecule has 1 aromatic carbocycles. The van der Waals surface area contributed by atoms with Crippen LogP contribution in [0.5, 0.6) is 0 Å². The highest BCUT2D eigenvalue weighted by molar-refractivity contribution is 5.69. The minimum atomic E-state index is -0.633. The fraction of sp³-hybridized carbons (Fsp3) is 0.562. The fourth-order valence-corrected chi connectivity index (χ4v) is 2.15. The van der Waals surface area contributed by atoms with Gasteiger partial charge in [0.1, 0.15) is 0 Å². The molecular weight excluding hydrogens is 254 g/mol. The Morgan fingerprint density at radius 1 is 1.25 bits per heavy atom. The monoisotopic (exact) mass is 279 g/mol. The van der Waals surface area contributed by atoms with E-state index in [1.807, 2.05) is 24.3 Å². The molecule has 2 unspecified atom stereocenters. The average Bonchev–Trinajstić information content (AvgIpc) is 2.47. The predicted molar refractivity (Wildman–Crippen MR) is 79.6 cm³/mol. The van der Waals surface area contributed by atoms with Gasteiger partial charge in [0.25, 0.3) is 0 Å². The molecule has 2 atom stereocenters. The molecule has 4 nitrogen and oxygen atoms in total. The number of aliphatic hydroxyl groups excluding tert-OH is 1. The Morgan fingerprint density at radius 2 is 1.80 bits per heavy atom. The summed E-state index contributed by atoms with van der Waals surface area (Å²) in [5.74, 6) is 0.216. The zero-order chi connectivity index (χ0) is 15.1. The maximum Gasteiger partial charge on any atom is 0.305 e. The van der Waals surface area contributed by atoms with Crippen LogP contribution < -0.4 is 5.32 Å². The van der Waals surface area contributed by atoms with Gasteiger partial charge in [-0.3, -0.25) is 4.79 Å². The van der Waals surface area contributed by atoms with E-state index in [2.05, 4.69) is 23.9 Å². The predicted octanol–water partition coefficient (Wildman–Crippen LogP) is 2.38. The first-order valence-corrected chi connectivity index (χ1v) is 7.01. The molecule has 0 aliphatic heterocycles. The molecule has 0 saturated heterocycles. The van der Waals surface area contributed by atoms with Crippen molar-refractivity contribution in [1.29, 1.82) is 0 Å². The Kier molecular flexibility index (Phi) is 6.68. The summed E-state index contributed by atoms with van der Waals surface area (Å²) >= 11 is 0. The SMILES string of the molecule is CNC(CCC(=O)OC)C(O)c1ccc(C(C)C)cc1. The summed E-state index contributed by atoms with van der Waals surface area (Å²) in [4.78, 5) is 11.2. The Labute approximate surface area is 121 Å². The smallest absolute Gasteiger partial charge is 0.305 e. The van der Waals surface area contributed by atoms with Crippen LogP contribution in [-0.4, -0.2) is 31.3 Å². The molecule has 20 heavy (non-hydrogen) atoms. The highest BCUT2D eigenvalue weighted by Gasteiger charge is 2.20. The lowest BCUT2D eigenvalue weighted by Gasteiger charge is -2.23. The van der Waals surface area contributed by atoms with E-state index in [9.17, 15) is 9.90 Å². The average molecular weight is 279 g/mol. The van der Waals surface area contributed by atoms with Crippen LogP contribution in [0.2, 0.25) is 0 Å². The van der Waals surface area contributed by atoms with Crippen molar-refractivity contribution in [3.8, 4) is 0 Å². The van der Waals surface area contributed by atoms with Gasteiger partial charge in [-0.05, 0) is 30.5 Å². The first kappa shape index (κ1) is 16.7.